The fourth-order valence-corrected chi connectivity index (χ4v) is 2.10. The van der Waals surface area contributed by atoms with Gasteiger partial charge >= 0.3 is 5.69 Å². The number of rotatable bonds is 2. The summed E-state index contributed by atoms with van der Waals surface area (Å²) in [7, 11) is 0. The Balaban J connectivity index is 2.50. The van der Waals surface area contributed by atoms with Crippen molar-refractivity contribution < 1.29 is 14.9 Å². The number of aromatic nitrogens is 3. The average molecular weight is 281 g/mol. The number of nitrogens with two attached hydrogens (primary N) is 2. The van der Waals surface area contributed by atoms with Gasteiger partial charge in [-0.3, -0.25) is 4.57 Å². The van der Waals surface area contributed by atoms with E-state index < -0.39 is 35.8 Å². The highest BCUT2D eigenvalue weighted by atomic mass is 16.5. The first-order valence-corrected chi connectivity index (χ1v) is 5.80. The quantitative estimate of drug-likeness (QED) is 0.424. The third-order valence-corrected chi connectivity index (χ3v) is 3.22. The first kappa shape index (κ1) is 14.4. The Morgan fingerprint density at radius 3 is 2.85 bits per heavy atom. The third kappa shape index (κ3) is 2.04. The summed E-state index contributed by atoms with van der Waals surface area (Å²) >= 11 is 0. The zero-order valence-electron chi connectivity index (χ0n) is 10.7. The second-order valence-corrected chi connectivity index (χ2v) is 4.62. The summed E-state index contributed by atoms with van der Waals surface area (Å²) in [6.07, 6.45) is 1.79. The zero-order valence-corrected chi connectivity index (χ0v) is 10.7. The number of anilines is 1. The Morgan fingerprint density at radius 2 is 2.35 bits per heavy atom. The van der Waals surface area contributed by atoms with Crippen molar-refractivity contribution in [3.63, 3.8) is 0 Å². The molecule has 0 spiro atoms. The molecule has 20 heavy (non-hydrogen) atoms. The fraction of sp³-hybridized carbons (Fsp3) is 0.545. The zero-order chi connectivity index (χ0) is 15.1. The van der Waals surface area contributed by atoms with Gasteiger partial charge in [-0.15, -0.1) is 6.42 Å². The van der Waals surface area contributed by atoms with Gasteiger partial charge in [-0.25, -0.2) is 9.78 Å². The van der Waals surface area contributed by atoms with Crippen molar-refractivity contribution in [2.75, 3.05) is 5.73 Å². The minimum Gasteiger partial charge on any atom is -0.391 e. The fourth-order valence-electron chi connectivity index (χ4n) is 2.10. The van der Waals surface area contributed by atoms with Crippen molar-refractivity contribution in [3.05, 3.63) is 16.8 Å². The van der Waals surface area contributed by atoms with Crippen LogP contribution in [0.1, 0.15) is 13.2 Å². The van der Waals surface area contributed by atoms with Crippen LogP contribution < -0.4 is 17.2 Å². The van der Waals surface area contributed by atoms with Crippen molar-refractivity contribution in [1.29, 1.82) is 0 Å². The summed E-state index contributed by atoms with van der Waals surface area (Å²) in [6.45, 7) is 1.41. The highest BCUT2D eigenvalue weighted by Crippen LogP contribution is 2.36. The maximum atomic E-state index is 11.8. The van der Waals surface area contributed by atoms with Crippen LogP contribution in [-0.2, 0) is 4.74 Å². The van der Waals surface area contributed by atoms with Gasteiger partial charge in [0, 0.05) is 0 Å². The molecule has 1 saturated heterocycles. The van der Waals surface area contributed by atoms with Gasteiger partial charge in [-0.1, -0.05) is 5.92 Å². The minimum absolute atomic E-state index is 0.208. The monoisotopic (exact) mass is 281 g/mol. The van der Waals surface area contributed by atoms with Crippen LogP contribution in [0.5, 0.6) is 0 Å². The van der Waals surface area contributed by atoms with Crippen LogP contribution in [0.3, 0.4) is 0 Å². The Morgan fingerprint density at radius 1 is 1.70 bits per heavy atom. The maximum absolute atomic E-state index is 11.8. The molecule has 9 nitrogen and oxygen atoms in total. The van der Waals surface area contributed by atoms with Crippen LogP contribution in [0.25, 0.3) is 0 Å². The topological polar surface area (TPSA) is 150 Å². The van der Waals surface area contributed by atoms with Gasteiger partial charge in [0.1, 0.15) is 18.5 Å². The number of nitrogen functional groups attached to an aromatic ring is 1. The van der Waals surface area contributed by atoms with Crippen LogP contribution in [0.4, 0.5) is 5.95 Å². The van der Waals surface area contributed by atoms with E-state index in [2.05, 4.69) is 15.9 Å². The lowest BCUT2D eigenvalue weighted by Gasteiger charge is -2.27. The van der Waals surface area contributed by atoms with E-state index in [9.17, 15) is 15.0 Å². The molecule has 0 radical (unpaired) electrons. The first-order chi connectivity index (χ1) is 9.31. The van der Waals surface area contributed by atoms with E-state index in [1.54, 1.807) is 0 Å². The molecule has 1 fully saturated rings. The molecule has 0 saturated carbocycles. The summed E-state index contributed by atoms with van der Waals surface area (Å²) in [5.41, 5.74) is 8.76. The summed E-state index contributed by atoms with van der Waals surface area (Å²) < 4.78 is 6.36. The second-order valence-electron chi connectivity index (χ2n) is 4.62. The molecule has 5 atom stereocenters. The van der Waals surface area contributed by atoms with Crippen molar-refractivity contribution in [2.45, 2.75) is 37.0 Å². The number of terminal acetylenes is 1. The van der Waals surface area contributed by atoms with Gasteiger partial charge < -0.3 is 26.4 Å². The van der Waals surface area contributed by atoms with Crippen molar-refractivity contribution in [3.8, 4) is 12.3 Å². The number of ether oxygens (including phenoxy) is 1. The van der Waals surface area contributed by atoms with E-state index in [1.165, 1.54) is 6.92 Å². The van der Waals surface area contributed by atoms with Gasteiger partial charge in [0.25, 0.3) is 0 Å². The van der Waals surface area contributed by atoms with Gasteiger partial charge in [0.05, 0.1) is 6.10 Å². The minimum atomic E-state index is -1.70. The van der Waals surface area contributed by atoms with Crippen molar-refractivity contribution in [1.82, 2.24) is 14.5 Å². The standard InChI is InChI=1S/C11H15N5O4/c1-3-11(13)7(18)6(5(2)17)20-8(11)16-4-14-9(12)15-10(16)19/h1,4-8,17-18H,13H2,2H3,(H2,12,15,19)/t5-,6-,7+,8-,11?/m1/s1. The summed E-state index contributed by atoms with van der Waals surface area (Å²) in [5.74, 6) is 2.00. The predicted octanol–water partition coefficient (Wildman–Crippen LogP) is -2.81. The van der Waals surface area contributed by atoms with Gasteiger partial charge in [-0.2, -0.15) is 4.98 Å². The van der Waals surface area contributed by atoms with E-state index in [0.29, 0.717) is 0 Å². The molecule has 2 heterocycles. The van der Waals surface area contributed by atoms with Crippen molar-refractivity contribution >= 4 is 5.95 Å². The van der Waals surface area contributed by atoms with Gasteiger partial charge in [0.15, 0.2) is 11.8 Å². The lowest BCUT2D eigenvalue weighted by molar-refractivity contribution is -0.0781. The molecule has 1 aliphatic rings. The van der Waals surface area contributed by atoms with Crippen LogP contribution in [-0.4, -0.2) is 48.6 Å². The lowest BCUT2D eigenvalue weighted by Crippen LogP contribution is -2.55. The highest BCUT2D eigenvalue weighted by molar-refractivity contribution is 5.23. The van der Waals surface area contributed by atoms with Crippen LogP contribution in [0.15, 0.2) is 11.1 Å². The predicted molar refractivity (Wildman–Crippen MR) is 68.1 cm³/mol. The largest absolute Gasteiger partial charge is 0.391 e. The normalized spacial score (nSPS) is 34.6. The van der Waals surface area contributed by atoms with Gasteiger partial charge in [0.2, 0.25) is 5.95 Å². The van der Waals surface area contributed by atoms with Gasteiger partial charge in [-0.05, 0) is 6.92 Å². The van der Waals surface area contributed by atoms with E-state index in [1.807, 2.05) is 0 Å². The van der Waals surface area contributed by atoms with Crippen molar-refractivity contribution in [2.24, 2.45) is 5.73 Å². The molecule has 9 heteroatoms. The molecule has 1 aromatic heterocycles. The molecule has 0 aromatic carbocycles. The Labute approximate surface area is 114 Å². The van der Waals surface area contributed by atoms with E-state index >= 15 is 0 Å². The molecule has 0 aliphatic carbocycles. The van der Waals surface area contributed by atoms with E-state index in [4.69, 9.17) is 22.6 Å². The number of hydrogen-bond donors (Lipinski definition) is 4. The van der Waals surface area contributed by atoms with E-state index in [-0.39, 0.29) is 5.95 Å². The molecular formula is C11H15N5O4. The summed E-state index contributed by atoms with van der Waals surface area (Å²) in [4.78, 5) is 18.9. The molecule has 6 N–H and O–H groups in total. The number of nitrogens with zero attached hydrogens (tertiary/aromatic N) is 3. The Kier molecular flexibility index (Phi) is 3.49. The molecule has 0 amide bonds. The lowest BCUT2D eigenvalue weighted by atomic mass is 9.90. The summed E-state index contributed by atoms with van der Waals surface area (Å²) in [6, 6.07) is 0. The molecule has 0 bridgehead atoms. The van der Waals surface area contributed by atoms with Crippen LogP contribution >= 0.6 is 0 Å². The number of aliphatic hydroxyl groups excluding tert-OH is 2. The molecule has 1 aromatic rings. The Bertz CT molecular complexity index is 610. The average Bonchev–Trinajstić information content (AvgIpc) is 2.64. The maximum Gasteiger partial charge on any atom is 0.354 e. The summed E-state index contributed by atoms with van der Waals surface area (Å²) in [5, 5.41) is 19.7. The molecular weight excluding hydrogens is 266 g/mol. The molecule has 1 aliphatic heterocycles. The SMILES string of the molecule is C#CC1(N)[C@@H](O)[C@@H]([C@@H](C)O)O[C@H]1n1cnc(N)nc1=O. The first-order valence-electron chi connectivity index (χ1n) is 5.80. The molecule has 108 valence electrons. The Hall–Kier alpha value is -1.99. The smallest absolute Gasteiger partial charge is 0.354 e. The second kappa shape index (κ2) is 4.84. The third-order valence-electron chi connectivity index (χ3n) is 3.22. The molecule has 1 unspecified atom stereocenters. The molecule has 2 rings (SSSR count). The van der Waals surface area contributed by atoms with Crippen LogP contribution in [0.2, 0.25) is 0 Å². The van der Waals surface area contributed by atoms with Crippen LogP contribution in [0, 0.1) is 12.3 Å². The number of hydrogen-bond acceptors (Lipinski definition) is 8. The van der Waals surface area contributed by atoms with E-state index in [0.717, 1.165) is 10.9 Å². The number of aliphatic hydroxyl groups is 2. The highest BCUT2D eigenvalue weighted by Gasteiger charge is 2.55.